The Kier molecular flexibility index (Phi) is 7.04. The van der Waals surface area contributed by atoms with Gasteiger partial charge in [0.1, 0.15) is 11.0 Å². The zero-order valence-corrected chi connectivity index (χ0v) is 21.4. The highest BCUT2D eigenvalue weighted by Crippen LogP contribution is 2.35. The van der Waals surface area contributed by atoms with Gasteiger partial charge in [0.2, 0.25) is 5.91 Å². The van der Waals surface area contributed by atoms with E-state index in [9.17, 15) is 35.9 Å². The summed E-state index contributed by atoms with van der Waals surface area (Å²) in [7, 11) is 0. The van der Waals surface area contributed by atoms with Crippen LogP contribution in [0.1, 0.15) is 11.1 Å². The van der Waals surface area contributed by atoms with Gasteiger partial charge in [-0.3, -0.25) is 14.2 Å². The van der Waals surface area contributed by atoms with Crippen LogP contribution in [0.5, 0.6) is 0 Å². The molecule has 0 aliphatic carbocycles. The molecule has 0 bridgehead atoms. The average Bonchev–Trinajstić information content (AvgIpc) is 3.27. The Morgan fingerprint density at radius 3 is 2.38 bits per heavy atom. The molecule has 206 valence electrons. The number of nitrogens with one attached hydrogen (secondary N) is 2. The monoisotopic (exact) mass is 596 g/mol. The van der Waals surface area contributed by atoms with Crippen molar-refractivity contribution in [1.29, 1.82) is 0 Å². The maximum absolute atomic E-state index is 13.6. The van der Waals surface area contributed by atoms with Gasteiger partial charge in [0.25, 0.3) is 5.56 Å². The fraction of sp³-hybridized carbons (Fsp3) is 0.115. The van der Waals surface area contributed by atoms with Crippen molar-refractivity contribution in [3.63, 3.8) is 0 Å². The number of alkyl halides is 6. The van der Waals surface area contributed by atoms with E-state index in [1.54, 1.807) is 24.3 Å². The molecule has 6 nitrogen and oxygen atoms in total. The van der Waals surface area contributed by atoms with Crippen molar-refractivity contribution < 1.29 is 31.1 Å². The zero-order chi connectivity index (χ0) is 28.8. The molecule has 0 aliphatic rings. The third-order valence-electron chi connectivity index (χ3n) is 5.83. The lowest BCUT2D eigenvalue weighted by molar-refractivity contribution is -0.138. The Balaban J connectivity index is 1.55. The number of fused-ring (bicyclic) bond motifs is 3. The van der Waals surface area contributed by atoms with Crippen LogP contribution in [0.15, 0.2) is 76.7 Å². The molecule has 1 amide bonds. The normalized spacial score (nSPS) is 12.3. The van der Waals surface area contributed by atoms with Crippen LogP contribution in [0, 0.1) is 0 Å². The molecule has 0 atom stereocenters. The molecule has 2 heterocycles. The van der Waals surface area contributed by atoms with Crippen molar-refractivity contribution in [2.24, 2.45) is 0 Å². The zero-order valence-electron chi connectivity index (χ0n) is 19.8. The Bertz CT molecular complexity index is 1830. The Labute approximate surface area is 230 Å². The minimum atomic E-state index is -4.68. The van der Waals surface area contributed by atoms with Gasteiger partial charge in [0.05, 0.1) is 33.3 Å². The van der Waals surface area contributed by atoms with E-state index in [4.69, 9.17) is 11.6 Å². The predicted octanol–water partition coefficient (Wildman–Crippen LogP) is 7.29. The summed E-state index contributed by atoms with van der Waals surface area (Å²) in [5, 5.41) is 2.63. The number of hydrogen-bond donors (Lipinski definition) is 2. The summed E-state index contributed by atoms with van der Waals surface area (Å²) in [5.74, 6) is -1.23. The Hall–Kier alpha value is -3.97. The third-order valence-corrected chi connectivity index (χ3v) is 7.09. The van der Waals surface area contributed by atoms with Crippen molar-refractivity contribution >= 4 is 56.9 Å². The number of hydrogen-bond acceptors (Lipinski definition) is 4. The van der Waals surface area contributed by atoms with Crippen molar-refractivity contribution in [2.45, 2.75) is 17.5 Å². The fourth-order valence-electron chi connectivity index (χ4n) is 4.00. The minimum absolute atomic E-state index is 0.0446. The van der Waals surface area contributed by atoms with Gasteiger partial charge < -0.3 is 10.3 Å². The molecule has 0 saturated heterocycles. The third kappa shape index (κ3) is 5.39. The molecule has 0 radical (unpaired) electrons. The number of aromatic amines is 1. The topological polar surface area (TPSA) is 79.8 Å². The van der Waals surface area contributed by atoms with Gasteiger partial charge in [-0.15, -0.1) is 0 Å². The minimum Gasteiger partial charge on any atom is -0.349 e. The first kappa shape index (κ1) is 27.6. The summed E-state index contributed by atoms with van der Waals surface area (Å²) < 4.78 is 80.5. The highest BCUT2D eigenvalue weighted by molar-refractivity contribution is 7.99. The Morgan fingerprint density at radius 1 is 0.950 bits per heavy atom. The number of halogens is 7. The molecule has 0 saturated carbocycles. The second-order valence-electron chi connectivity index (χ2n) is 8.51. The molecular weight excluding hydrogens is 582 g/mol. The average molecular weight is 597 g/mol. The first-order valence-corrected chi connectivity index (χ1v) is 12.7. The van der Waals surface area contributed by atoms with Gasteiger partial charge in [-0.2, -0.15) is 26.3 Å². The Morgan fingerprint density at radius 2 is 1.65 bits per heavy atom. The van der Waals surface area contributed by atoms with E-state index in [1.165, 1.54) is 6.07 Å². The number of aromatic nitrogens is 3. The summed E-state index contributed by atoms with van der Waals surface area (Å²) in [6.45, 7) is 0. The molecule has 14 heteroatoms. The number of benzene rings is 3. The highest BCUT2D eigenvalue weighted by Gasteiger charge is 2.32. The number of carbonyl (C=O) groups excluding carboxylic acids is 1. The smallest absolute Gasteiger partial charge is 0.349 e. The first-order chi connectivity index (χ1) is 18.8. The van der Waals surface area contributed by atoms with Gasteiger partial charge >= 0.3 is 12.4 Å². The van der Waals surface area contributed by atoms with Crippen LogP contribution in [0.4, 0.5) is 32.0 Å². The molecular formula is C26H15ClF6N4O2S. The molecule has 40 heavy (non-hydrogen) atoms. The van der Waals surface area contributed by atoms with E-state index in [1.807, 2.05) is 0 Å². The highest BCUT2D eigenvalue weighted by atomic mass is 35.5. The predicted molar refractivity (Wildman–Crippen MR) is 140 cm³/mol. The number of anilines is 1. The number of rotatable bonds is 5. The van der Waals surface area contributed by atoms with Crippen molar-refractivity contribution in [3.8, 4) is 5.69 Å². The van der Waals surface area contributed by atoms with Crippen molar-refractivity contribution in [2.75, 3.05) is 11.1 Å². The summed E-state index contributed by atoms with van der Waals surface area (Å²) in [6, 6.07) is 13.3. The maximum atomic E-state index is 13.6. The molecule has 2 N–H and O–H groups in total. The van der Waals surface area contributed by atoms with Gasteiger partial charge in [0.15, 0.2) is 5.16 Å². The lowest BCUT2D eigenvalue weighted by Gasteiger charge is -2.15. The summed E-state index contributed by atoms with van der Waals surface area (Å²) in [5.41, 5.74) is -2.29. The van der Waals surface area contributed by atoms with Crippen LogP contribution in [0.3, 0.4) is 0 Å². The van der Waals surface area contributed by atoms with Crippen LogP contribution < -0.4 is 10.9 Å². The first-order valence-electron chi connectivity index (χ1n) is 11.3. The van der Waals surface area contributed by atoms with Gasteiger partial charge in [0, 0.05) is 10.9 Å². The van der Waals surface area contributed by atoms with E-state index in [-0.39, 0.29) is 32.6 Å². The van der Waals surface area contributed by atoms with Crippen LogP contribution in [0.2, 0.25) is 5.02 Å². The lowest BCUT2D eigenvalue weighted by atomic mass is 10.2. The van der Waals surface area contributed by atoms with Crippen LogP contribution in [-0.2, 0) is 17.1 Å². The lowest BCUT2D eigenvalue weighted by Crippen LogP contribution is -2.23. The molecule has 2 aromatic heterocycles. The molecule has 0 unspecified atom stereocenters. The number of carbonyl (C=O) groups is 1. The molecule has 0 aliphatic heterocycles. The number of thioether (sulfide) groups is 1. The molecule has 5 rings (SSSR count). The van der Waals surface area contributed by atoms with E-state index in [0.29, 0.717) is 17.0 Å². The van der Waals surface area contributed by atoms with E-state index >= 15 is 0 Å². The van der Waals surface area contributed by atoms with Crippen molar-refractivity contribution in [3.05, 3.63) is 93.2 Å². The van der Waals surface area contributed by atoms with E-state index in [2.05, 4.69) is 15.3 Å². The van der Waals surface area contributed by atoms with Gasteiger partial charge in [-0.05, 0) is 42.5 Å². The van der Waals surface area contributed by atoms with Crippen LogP contribution >= 0.6 is 23.4 Å². The van der Waals surface area contributed by atoms with Gasteiger partial charge in [-0.1, -0.05) is 47.6 Å². The number of H-pyrrole nitrogens is 1. The molecule has 5 aromatic rings. The SMILES string of the molecule is O=C(CSc1nc2c([nH]c3ccccc32)c(=O)n1-c1cccc(C(F)(F)F)c1)Nc1cc(C(F)(F)F)ccc1Cl. The van der Waals surface area contributed by atoms with E-state index < -0.39 is 40.7 Å². The van der Waals surface area contributed by atoms with Gasteiger partial charge in [-0.25, -0.2) is 4.98 Å². The van der Waals surface area contributed by atoms with Crippen LogP contribution in [0.25, 0.3) is 27.6 Å². The summed E-state index contributed by atoms with van der Waals surface area (Å²) in [4.78, 5) is 33.7. The fourth-order valence-corrected chi connectivity index (χ4v) is 4.97. The number of amides is 1. The standard InChI is InChI=1S/C26H15ClF6N4O2S/c27-17-9-8-14(26(31,32)33)11-19(17)34-20(38)12-40-24-36-21-16-6-1-2-7-18(16)35-22(21)23(39)37(24)15-5-3-4-13(10-15)25(28,29)30/h1-11,35H,12H2,(H,34,38). The second-order valence-corrected chi connectivity index (χ2v) is 9.86. The summed E-state index contributed by atoms with van der Waals surface area (Å²) in [6.07, 6.45) is -9.35. The number of para-hydroxylation sites is 1. The second kappa shape index (κ2) is 10.2. The maximum Gasteiger partial charge on any atom is 0.416 e. The number of nitrogens with zero attached hydrogens (tertiary/aromatic N) is 2. The molecule has 0 fully saturated rings. The largest absolute Gasteiger partial charge is 0.416 e. The van der Waals surface area contributed by atoms with Crippen LogP contribution in [-0.4, -0.2) is 26.2 Å². The quantitative estimate of drug-likeness (QED) is 0.127. The van der Waals surface area contributed by atoms with Crippen molar-refractivity contribution in [1.82, 2.24) is 14.5 Å². The summed E-state index contributed by atoms with van der Waals surface area (Å²) >= 11 is 6.67. The van der Waals surface area contributed by atoms with E-state index in [0.717, 1.165) is 46.7 Å². The molecule has 3 aromatic carbocycles. The molecule has 0 spiro atoms.